The first kappa shape index (κ1) is 9.60. The summed E-state index contributed by atoms with van der Waals surface area (Å²) >= 11 is 0. The van der Waals surface area contributed by atoms with Crippen molar-refractivity contribution in [3.8, 4) is 17.6 Å². The summed E-state index contributed by atoms with van der Waals surface area (Å²) in [6.07, 6.45) is 1.69. The molecule has 17 heavy (non-hydrogen) atoms. The van der Waals surface area contributed by atoms with Crippen LogP contribution in [0.5, 0.6) is 0 Å². The number of aromatic nitrogens is 4. The van der Waals surface area contributed by atoms with Crippen molar-refractivity contribution in [3.05, 3.63) is 36.0 Å². The van der Waals surface area contributed by atoms with E-state index in [0.29, 0.717) is 5.56 Å². The Morgan fingerprint density at radius 2 is 2.24 bits per heavy atom. The fourth-order valence-corrected chi connectivity index (χ4v) is 1.88. The molecule has 82 valence electrons. The zero-order valence-corrected chi connectivity index (χ0v) is 9.18. The second-order valence-electron chi connectivity index (χ2n) is 3.78. The van der Waals surface area contributed by atoms with E-state index in [4.69, 9.17) is 5.26 Å². The Kier molecular flexibility index (Phi) is 1.95. The molecule has 0 aliphatic rings. The average molecular weight is 223 g/mol. The molecule has 3 rings (SSSR count). The van der Waals surface area contributed by atoms with Gasteiger partial charge in [-0.1, -0.05) is 0 Å². The first-order chi connectivity index (χ1) is 8.29. The fourth-order valence-electron chi connectivity index (χ4n) is 1.88. The maximum atomic E-state index is 8.88. The lowest BCUT2D eigenvalue weighted by molar-refractivity contribution is 0.943. The molecule has 0 unspecified atom stereocenters. The molecule has 2 aromatic heterocycles. The van der Waals surface area contributed by atoms with Gasteiger partial charge < -0.3 is 4.57 Å². The molecule has 0 amide bonds. The largest absolute Gasteiger partial charge is 0.326 e. The minimum absolute atomic E-state index is 0.636. The summed E-state index contributed by atoms with van der Waals surface area (Å²) in [5, 5.41) is 15.7. The van der Waals surface area contributed by atoms with Crippen molar-refractivity contribution in [1.29, 1.82) is 5.26 Å². The Bertz CT molecular complexity index is 715. The predicted octanol–water partition coefficient (Wildman–Crippen LogP) is 1.84. The normalized spacial score (nSPS) is 10.6. The lowest BCUT2D eigenvalue weighted by Gasteiger charge is -1.98. The quantitative estimate of drug-likeness (QED) is 0.684. The standard InChI is InChI=1S/C12H9N5/c1-17-11-6-8(7-13)2-3-9(11)15-12(17)10-4-5-14-16-10/h2-6H,1H3,(H,14,16). The Hall–Kier alpha value is -2.61. The number of hydrogen-bond donors (Lipinski definition) is 1. The molecule has 0 atom stereocenters. The highest BCUT2D eigenvalue weighted by molar-refractivity contribution is 5.81. The molecule has 1 aromatic carbocycles. The molecular formula is C12H9N5. The number of aromatic amines is 1. The Morgan fingerprint density at radius 3 is 2.94 bits per heavy atom. The van der Waals surface area contributed by atoms with Crippen LogP contribution < -0.4 is 0 Å². The van der Waals surface area contributed by atoms with Crippen LogP contribution in [-0.2, 0) is 7.05 Å². The number of nitrogens with one attached hydrogen (secondary N) is 1. The molecule has 0 saturated heterocycles. The van der Waals surface area contributed by atoms with Crippen LogP contribution in [0.15, 0.2) is 30.5 Å². The molecule has 0 spiro atoms. The number of rotatable bonds is 1. The molecule has 1 N–H and O–H groups in total. The van der Waals surface area contributed by atoms with E-state index in [9.17, 15) is 0 Å². The summed E-state index contributed by atoms with van der Waals surface area (Å²) in [6.45, 7) is 0. The SMILES string of the molecule is Cn1c(-c2ccn[nH]2)nc2ccc(C#N)cc21. The van der Waals surface area contributed by atoms with Crippen LogP contribution in [-0.4, -0.2) is 19.7 Å². The van der Waals surface area contributed by atoms with Gasteiger partial charge in [-0.2, -0.15) is 10.4 Å². The van der Waals surface area contributed by atoms with Gasteiger partial charge in [0.05, 0.1) is 22.7 Å². The van der Waals surface area contributed by atoms with E-state index >= 15 is 0 Å². The summed E-state index contributed by atoms with van der Waals surface area (Å²) in [5.41, 5.74) is 3.31. The maximum absolute atomic E-state index is 8.88. The molecule has 0 aliphatic carbocycles. The van der Waals surface area contributed by atoms with Crippen molar-refractivity contribution in [2.75, 3.05) is 0 Å². The lowest BCUT2D eigenvalue weighted by Crippen LogP contribution is -1.92. The summed E-state index contributed by atoms with van der Waals surface area (Å²) in [4.78, 5) is 4.51. The second-order valence-corrected chi connectivity index (χ2v) is 3.78. The number of benzene rings is 1. The lowest BCUT2D eigenvalue weighted by atomic mass is 10.2. The average Bonchev–Trinajstić information content (AvgIpc) is 2.97. The molecule has 2 heterocycles. The topological polar surface area (TPSA) is 70.3 Å². The van der Waals surface area contributed by atoms with Gasteiger partial charge in [-0.05, 0) is 24.3 Å². The number of imidazole rings is 1. The first-order valence-corrected chi connectivity index (χ1v) is 5.16. The van der Waals surface area contributed by atoms with Crippen LogP contribution in [0.3, 0.4) is 0 Å². The van der Waals surface area contributed by atoms with Crippen molar-refractivity contribution in [3.63, 3.8) is 0 Å². The number of hydrogen-bond acceptors (Lipinski definition) is 3. The van der Waals surface area contributed by atoms with E-state index in [0.717, 1.165) is 22.6 Å². The van der Waals surface area contributed by atoms with Gasteiger partial charge in [0.2, 0.25) is 0 Å². The van der Waals surface area contributed by atoms with Gasteiger partial charge in [0.15, 0.2) is 5.82 Å². The molecule has 5 heteroatoms. The predicted molar refractivity (Wildman–Crippen MR) is 63.0 cm³/mol. The fraction of sp³-hybridized carbons (Fsp3) is 0.0833. The Labute approximate surface area is 97.3 Å². The number of nitriles is 1. The van der Waals surface area contributed by atoms with Crippen molar-refractivity contribution in [2.24, 2.45) is 7.05 Å². The maximum Gasteiger partial charge on any atom is 0.158 e. The van der Waals surface area contributed by atoms with Gasteiger partial charge in [-0.25, -0.2) is 4.98 Å². The van der Waals surface area contributed by atoms with Crippen molar-refractivity contribution in [1.82, 2.24) is 19.7 Å². The van der Waals surface area contributed by atoms with Crippen LogP contribution >= 0.6 is 0 Å². The van der Waals surface area contributed by atoms with E-state index in [1.165, 1.54) is 0 Å². The molecule has 0 bridgehead atoms. The van der Waals surface area contributed by atoms with E-state index in [2.05, 4.69) is 21.3 Å². The van der Waals surface area contributed by atoms with Crippen LogP contribution in [0.25, 0.3) is 22.6 Å². The van der Waals surface area contributed by atoms with E-state index in [1.807, 2.05) is 29.8 Å². The highest BCUT2D eigenvalue weighted by atomic mass is 15.1. The molecule has 3 aromatic rings. The highest BCUT2D eigenvalue weighted by Crippen LogP contribution is 2.22. The minimum atomic E-state index is 0.636. The molecule has 5 nitrogen and oxygen atoms in total. The summed E-state index contributed by atoms with van der Waals surface area (Å²) in [7, 11) is 1.92. The molecule has 0 radical (unpaired) electrons. The summed E-state index contributed by atoms with van der Waals surface area (Å²) in [6, 6.07) is 9.46. The molecule has 0 fully saturated rings. The minimum Gasteiger partial charge on any atom is -0.326 e. The van der Waals surface area contributed by atoms with Gasteiger partial charge in [0.25, 0.3) is 0 Å². The van der Waals surface area contributed by atoms with Gasteiger partial charge in [-0.3, -0.25) is 5.10 Å². The first-order valence-electron chi connectivity index (χ1n) is 5.16. The Morgan fingerprint density at radius 1 is 1.35 bits per heavy atom. The highest BCUT2D eigenvalue weighted by Gasteiger charge is 2.10. The van der Waals surface area contributed by atoms with Crippen molar-refractivity contribution >= 4 is 11.0 Å². The van der Waals surface area contributed by atoms with E-state index < -0.39 is 0 Å². The molecule has 0 saturated carbocycles. The molecular weight excluding hydrogens is 214 g/mol. The van der Waals surface area contributed by atoms with Gasteiger partial charge in [0, 0.05) is 13.2 Å². The summed E-state index contributed by atoms with van der Waals surface area (Å²) < 4.78 is 1.95. The number of aryl methyl sites for hydroxylation is 1. The number of H-pyrrole nitrogens is 1. The zero-order chi connectivity index (χ0) is 11.8. The van der Waals surface area contributed by atoms with Crippen LogP contribution in [0.1, 0.15) is 5.56 Å². The summed E-state index contributed by atoms with van der Waals surface area (Å²) in [5.74, 6) is 0.813. The number of nitrogens with zero attached hydrogens (tertiary/aromatic N) is 4. The van der Waals surface area contributed by atoms with Crippen molar-refractivity contribution in [2.45, 2.75) is 0 Å². The number of fused-ring (bicyclic) bond motifs is 1. The third kappa shape index (κ3) is 1.39. The van der Waals surface area contributed by atoms with Gasteiger partial charge >= 0.3 is 0 Å². The Balaban J connectivity index is 2.30. The second kappa shape index (κ2) is 3.46. The van der Waals surface area contributed by atoms with Crippen LogP contribution in [0, 0.1) is 11.3 Å². The van der Waals surface area contributed by atoms with E-state index in [-0.39, 0.29) is 0 Å². The van der Waals surface area contributed by atoms with Gasteiger partial charge in [-0.15, -0.1) is 0 Å². The van der Waals surface area contributed by atoms with E-state index in [1.54, 1.807) is 12.3 Å². The van der Waals surface area contributed by atoms with Gasteiger partial charge in [0.1, 0.15) is 5.69 Å². The third-order valence-electron chi connectivity index (χ3n) is 2.75. The molecule has 0 aliphatic heterocycles. The van der Waals surface area contributed by atoms with Crippen LogP contribution in [0.2, 0.25) is 0 Å². The third-order valence-corrected chi connectivity index (χ3v) is 2.75. The van der Waals surface area contributed by atoms with Crippen molar-refractivity contribution < 1.29 is 0 Å². The zero-order valence-electron chi connectivity index (χ0n) is 9.18. The smallest absolute Gasteiger partial charge is 0.158 e. The monoisotopic (exact) mass is 223 g/mol. The van der Waals surface area contributed by atoms with Crippen LogP contribution in [0.4, 0.5) is 0 Å².